The van der Waals surface area contributed by atoms with Crippen LogP contribution in [0, 0.1) is 0 Å². The number of carbonyl (C=O) groups excluding carboxylic acids is 1. The molecule has 0 aromatic carbocycles. The fraction of sp³-hybridized carbons (Fsp3) is 0.958. The molecule has 0 atom stereocenters. The summed E-state index contributed by atoms with van der Waals surface area (Å²) in [7, 11) is 0. The van der Waals surface area contributed by atoms with E-state index in [9.17, 15) is 4.79 Å². The molecule has 0 saturated heterocycles. The van der Waals surface area contributed by atoms with Gasteiger partial charge < -0.3 is 14.2 Å². The Kier molecular flexibility index (Phi) is 19.3. The van der Waals surface area contributed by atoms with Gasteiger partial charge in [0.2, 0.25) is 0 Å². The maximum absolute atomic E-state index is 11.5. The second-order valence-electron chi connectivity index (χ2n) is 8.80. The Morgan fingerprint density at radius 1 is 0.607 bits per heavy atom. The SMILES string of the molecule is CCCCCCCCCCCCCCCOCCOCCC(=O)OC(C)(C)C. The van der Waals surface area contributed by atoms with Crippen molar-refractivity contribution in [1.82, 2.24) is 0 Å². The molecule has 168 valence electrons. The van der Waals surface area contributed by atoms with E-state index in [1.54, 1.807) is 0 Å². The molecule has 0 saturated carbocycles. The highest BCUT2D eigenvalue weighted by Gasteiger charge is 2.15. The van der Waals surface area contributed by atoms with Gasteiger partial charge in [0, 0.05) is 6.61 Å². The molecule has 0 amide bonds. The minimum Gasteiger partial charge on any atom is -0.460 e. The summed E-state index contributed by atoms with van der Waals surface area (Å²) in [5.74, 6) is -0.208. The molecule has 0 aliphatic carbocycles. The standard InChI is InChI=1S/C24H48O4/c1-5-6-7-8-9-10-11-12-13-14-15-16-17-19-26-21-22-27-20-18-23(25)28-24(2,3)4/h5-22H2,1-4H3. The average Bonchev–Trinajstić information content (AvgIpc) is 2.62. The van der Waals surface area contributed by atoms with Crippen molar-refractivity contribution >= 4 is 5.97 Å². The summed E-state index contributed by atoms with van der Waals surface area (Å²) >= 11 is 0. The topological polar surface area (TPSA) is 44.8 Å². The lowest BCUT2D eigenvalue weighted by Crippen LogP contribution is -2.24. The van der Waals surface area contributed by atoms with Gasteiger partial charge in [-0.25, -0.2) is 0 Å². The van der Waals surface area contributed by atoms with Crippen LogP contribution in [-0.2, 0) is 19.0 Å². The number of hydrogen-bond donors (Lipinski definition) is 0. The normalized spacial score (nSPS) is 11.7. The van der Waals surface area contributed by atoms with Gasteiger partial charge >= 0.3 is 5.97 Å². The zero-order valence-electron chi connectivity index (χ0n) is 19.4. The van der Waals surface area contributed by atoms with Crippen LogP contribution in [0.5, 0.6) is 0 Å². The maximum Gasteiger partial charge on any atom is 0.308 e. The molecule has 0 unspecified atom stereocenters. The Labute approximate surface area is 175 Å². The fourth-order valence-electron chi connectivity index (χ4n) is 3.09. The predicted octanol–water partition coefficient (Wildman–Crippen LogP) is 6.84. The lowest BCUT2D eigenvalue weighted by molar-refractivity contribution is -0.156. The number of unbranched alkanes of at least 4 members (excludes halogenated alkanes) is 12. The lowest BCUT2D eigenvalue weighted by atomic mass is 10.0. The first-order valence-corrected chi connectivity index (χ1v) is 11.8. The van der Waals surface area contributed by atoms with Crippen molar-refractivity contribution in [3.63, 3.8) is 0 Å². The zero-order valence-corrected chi connectivity index (χ0v) is 19.4. The van der Waals surface area contributed by atoms with Gasteiger partial charge in [-0.05, 0) is 27.2 Å². The van der Waals surface area contributed by atoms with Crippen LogP contribution in [0.2, 0.25) is 0 Å². The van der Waals surface area contributed by atoms with Gasteiger partial charge in [-0.15, -0.1) is 0 Å². The van der Waals surface area contributed by atoms with E-state index in [0.29, 0.717) is 26.2 Å². The summed E-state index contributed by atoms with van der Waals surface area (Å²) in [5, 5.41) is 0. The van der Waals surface area contributed by atoms with Gasteiger partial charge in [0.05, 0.1) is 26.2 Å². The summed E-state index contributed by atoms with van der Waals surface area (Å²) in [4.78, 5) is 11.5. The number of rotatable bonds is 20. The molecular weight excluding hydrogens is 352 g/mol. The number of ether oxygens (including phenoxy) is 3. The van der Waals surface area contributed by atoms with Crippen molar-refractivity contribution in [2.75, 3.05) is 26.4 Å². The Balaban J connectivity index is 3.11. The second kappa shape index (κ2) is 19.7. The number of hydrogen-bond acceptors (Lipinski definition) is 4. The summed E-state index contributed by atoms with van der Waals surface area (Å²) in [6.45, 7) is 10.2. The Hall–Kier alpha value is -0.610. The quantitative estimate of drug-likeness (QED) is 0.166. The molecule has 28 heavy (non-hydrogen) atoms. The molecule has 0 fully saturated rings. The van der Waals surface area contributed by atoms with E-state index in [0.717, 1.165) is 13.0 Å². The van der Waals surface area contributed by atoms with E-state index in [2.05, 4.69) is 6.92 Å². The molecule has 0 aliphatic heterocycles. The highest BCUT2D eigenvalue weighted by atomic mass is 16.6. The van der Waals surface area contributed by atoms with Gasteiger partial charge in [-0.3, -0.25) is 4.79 Å². The summed E-state index contributed by atoms with van der Waals surface area (Å²) < 4.78 is 16.2. The van der Waals surface area contributed by atoms with Crippen LogP contribution in [0.15, 0.2) is 0 Å². The van der Waals surface area contributed by atoms with Crippen LogP contribution < -0.4 is 0 Å². The molecule has 0 spiro atoms. The van der Waals surface area contributed by atoms with Gasteiger partial charge in [0.25, 0.3) is 0 Å². The molecule has 0 bridgehead atoms. The first kappa shape index (κ1) is 27.4. The van der Waals surface area contributed by atoms with Crippen LogP contribution in [0.3, 0.4) is 0 Å². The summed E-state index contributed by atoms with van der Waals surface area (Å²) in [6.07, 6.45) is 18.1. The van der Waals surface area contributed by atoms with Crippen molar-refractivity contribution in [2.45, 2.75) is 123 Å². The molecular formula is C24H48O4. The molecule has 4 nitrogen and oxygen atoms in total. The van der Waals surface area contributed by atoms with Crippen LogP contribution in [-0.4, -0.2) is 38.0 Å². The molecule has 0 aliphatic rings. The first-order valence-electron chi connectivity index (χ1n) is 11.8. The largest absolute Gasteiger partial charge is 0.460 e. The lowest BCUT2D eigenvalue weighted by Gasteiger charge is -2.19. The van der Waals surface area contributed by atoms with Crippen molar-refractivity contribution in [3.8, 4) is 0 Å². The van der Waals surface area contributed by atoms with Gasteiger partial charge in [-0.2, -0.15) is 0 Å². The monoisotopic (exact) mass is 400 g/mol. The van der Waals surface area contributed by atoms with E-state index in [-0.39, 0.29) is 5.97 Å². The van der Waals surface area contributed by atoms with E-state index < -0.39 is 5.60 Å². The third-order valence-corrected chi connectivity index (χ3v) is 4.63. The molecule has 0 N–H and O–H groups in total. The van der Waals surface area contributed by atoms with Crippen molar-refractivity contribution in [1.29, 1.82) is 0 Å². The third-order valence-electron chi connectivity index (χ3n) is 4.63. The van der Waals surface area contributed by atoms with Gasteiger partial charge in [0.15, 0.2) is 0 Å². The fourth-order valence-corrected chi connectivity index (χ4v) is 3.09. The summed E-state index contributed by atoms with van der Waals surface area (Å²) in [6, 6.07) is 0. The molecule has 0 rings (SSSR count). The van der Waals surface area contributed by atoms with E-state index >= 15 is 0 Å². The zero-order chi connectivity index (χ0) is 20.9. The second-order valence-corrected chi connectivity index (χ2v) is 8.80. The third kappa shape index (κ3) is 23.4. The highest BCUT2D eigenvalue weighted by molar-refractivity contribution is 5.69. The number of carbonyl (C=O) groups is 1. The van der Waals surface area contributed by atoms with Crippen molar-refractivity contribution in [2.24, 2.45) is 0 Å². The summed E-state index contributed by atoms with van der Waals surface area (Å²) in [5.41, 5.74) is -0.423. The number of esters is 1. The molecule has 0 radical (unpaired) electrons. The van der Waals surface area contributed by atoms with Crippen molar-refractivity contribution in [3.05, 3.63) is 0 Å². The van der Waals surface area contributed by atoms with E-state index in [1.807, 2.05) is 20.8 Å². The van der Waals surface area contributed by atoms with Gasteiger partial charge in [-0.1, -0.05) is 84.0 Å². The molecule has 4 heteroatoms. The predicted molar refractivity (Wildman–Crippen MR) is 118 cm³/mol. The Morgan fingerprint density at radius 2 is 1.04 bits per heavy atom. The Bertz CT molecular complexity index is 336. The van der Waals surface area contributed by atoms with Crippen LogP contribution in [0.25, 0.3) is 0 Å². The maximum atomic E-state index is 11.5. The van der Waals surface area contributed by atoms with E-state index in [1.165, 1.54) is 77.0 Å². The first-order chi connectivity index (χ1) is 13.5. The highest BCUT2D eigenvalue weighted by Crippen LogP contribution is 2.12. The van der Waals surface area contributed by atoms with Gasteiger partial charge in [0.1, 0.15) is 5.60 Å². The Morgan fingerprint density at radius 3 is 1.50 bits per heavy atom. The van der Waals surface area contributed by atoms with Crippen LogP contribution >= 0.6 is 0 Å². The molecule has 0 heterocycles. The van der Waals surface area contributed by atoms with Crippen LogP contribution in [0.4, 0.5) is 0 Å². The average molecular weight is 401 g/mol. The van der Waals surface area contributed by atoms with Crippen molar-refractivity contribution < 1.29 is 19.0 Å². The minimum absolute atomic E-state index is 0.208. The smallest absolute Gasteiger partial charge is 0.308 e. The van der Waals surface area contributed by atoms with E-state index in [4.69, 9.17) is 14.2 Å². The molecule has 0 aromatic heterocycles. The molecule has 0 aromatic rings. The minimum atomic E-state index is -0.423. The van der Waals surface area contributed by atoms with Crippen LogP contribution in [0.1, 0.15) is 118 Å².